The fourth-order valence-corrected chi connectivity index (χ4v) is 3.38. The fraction of sp³-hybridized carbons (Fsp3) is 0.235. The van der Waals surface area contributed by atoms with Crippen molar-refractivity contribution < 1.29 is 22.9 Å². The van der Waals surface area contributed by atoms with Crippen LogP contribution >= 0.6 is 0 Å². The van der Waals surface area contributed by atoms with Gasteiger partial charge in [0.2, 0.25) is 0 Å². The zero-order valence-electron chi connectivity index (χ0n) is 13.8. The summed E-state index contributed by atoms with van der Waals surface area (Å²) in [7, 11) is -3.58. The molecule has 0 spiro atoms. The van der Waals surface area contributed by atoms with E-state index in [1.54, 1.807) is 12.1 Å². The number of carbonyl (C=O) groups excluding carboxylic acids is 1. The number of esters is 1. The van der Waals surface area contributed by atoms with E-state index in [1.165, 1.54) is 37.3 Å². The predicted octanol–water partition coefficient (Wildman–Crippen LogP) is 2.98. The highest BCUT2D eigenvalue weighted by molar-refractivity contribution is 7.91. The second-order valence-corrected chi connectivity index (χ2v) is 7.67. The minimum Gasteiger partial charge on any atom is -0.426 e. The molecule has 0 saturated carbocycles. The van der Waals surface area contributed by atoms with E-state index >= 15 is 0 Å². The fourth-order valence-electron chi connectivity index (χ4n) is 2.16. The Hall–Kier alpha value is -2.74. The van der Waals surface area contributed by atoms with Gasteiger partial charge in [-0.05, 0) is 38.1 Å². The molecule has 0 heterocycles. The molecule has 132 valence electrons. The Kier molecular flexibility index (Phi) is 5.53. The Balaban J connectivity index is 2.00. The Morgan fingerprint density at radius 2 is 1.76 bits per heavy atom. The Morgan fingerprint density at radius 1 is 1.12 bits per heavy atom. The van der Waals surface area contributed by atoms with Crippen LogP contribution in [-0.2, 0) is 14.6 Å². The molecule has 7 nitrogen and oxygen atoms in total. The van der Waals surface area contributed by atoms with Gasteiger partial charge in [-0.3, -0.25) is 14.9 Å². The number of hydrogen-bond donors (Lipinski definition) is 0. The summed E-state index contributed by atoms with van der Waals surface area (Å²) in [6.07, 6.45) is -0.313. The zero-order valence-corrected chi connectivity index (χ0v) is 14.6. The molecule has 0 aliphatic rings. The molecule has 0 radical (unpaired) electrons. The molecular formula is C17H17NO6S. The lowest BCUT2D eigenvalue weighted by Gasteiger charge is -2.07. The van der Waals surface area contributed by atoms with Crippen LogP contribution < -0.4 is 4.74 Å². The first-order valence-electron chi connectivity index (χ1n) is 7.44. The number of ether oxygens (including phenoxy) is 1. The number of nitro benzene ring substituents is 1. The van der Waals surface area contributed by atoms with Gasteiger partial charge in [-0.2, -0.15) is 0 Å². The van der Waals surface area contributed by atoms with Crippen molar-refractivity contribution in [3.8, 4) is 5.75 Å². The SMILES string of the molecule is Cc1ccc(S(=O)(=O)CCC(=O)Oc2ccc([N+](=O)[O-])c(C)c2)cc1. The van der Waals surface area contributed by atoms with Gasteiger partial charge in [0.15, 0.2) is 9.84 Å². The topological polar surface area (TPSA) is 104 Å². The van der Waals surface area contributed by atoms with E-state index in [1.807, 2.05) is 6.92 Å². The monoisotopic (exact) mass is 363 g/mol. The van der Waals surface area contributed by atoms with E-state index in [0.717, 1.165) is 5.56 Å². The quantitative estimate of drug-likeness (QED) is 0.338. The summed E-state index contributed by atoms with van der Waals surface area (Å²) < 4.78 is 29.4. The van der Waals surface area contributed by atoms with Crippen LogP contribution in [0.2, 0.25) is 0 Å². The first kappa shape index (κ1) is 18.6. The first-order chi connectivity index (χ1) is 11.7. The maximum atomic E-state index is 12.2. The van der Waals surface area contributed by atoms with Crippen molar-refractivity contribution in [2.75, 3.05) is 5.75 Å². The van der Waals surface area contributed by atoms with Crippen molar-refractivity contribution >= 4 is 21.5 Å². The number of sulfone groups is 1. The van der Waals surface area contributed by atoms with Gasteiger partial charge in [-0.1, -0.05) is 17.7 Å². The average Bonchev–Trinajstić information content (AvgIpc) is 2.53. The van der Waals surface area contributed by atoms with Crippen LogP contribution in [0.4, 0.5) is 5.69 Å². The van der Waals surface area contributed by atoms with Crippen LogP contribution in [0.3, 0.4) is 0 Å². The van der Waals surface area contributed by atoms with E-state index in [4.69, 9.17) is 4.74 Å². The molecular weight excluding hydrogens is 346 g/mol. The number of carbonyl (C=O) groups is 1. The summed E-state index contributed by atoms with van der Waals surface area (Å²) in [5.41, 5.74) is 1.20. The van der Waals surface area contributed by atoms with Crippen LogP contribution in [0.15, 0.2) is 47.4 Å². The summed E-state index contributed by atoms with van der Waals surface area (Å²) in [5.74, 6) is -0.953. The minimum atomic E-state index is -3.58. The lowest BCUT2D eigenvalue weighted by Crippen LogP contribution is -2.15. The number of nitrogens with zero attached hydrogens (tertiary/aromatic N) is 1. The average molecular weight is 363 g/mol. The second kappa shape index (κ2) is 7.43. The minimum absolute atomic E-state index is 0.0817. The van der Waals surface area contributed by atoms with Gasteiger partial charge in [-0.15, -0.1) is 0 Å². The molecule has 2 aromatic carbocycles. The van der Waals surface area contributed by atoms with E-state index in [-0.39, 0.29) is 28.5 Å². The molecule has 0 unspecified atom stereocenters. The van der Waals surface area contributed by atoms with Gasteiger partial charge in [0, 0.05) is 11.6 Å². The molecule has 0 aliphatic heterocycles. The molecule has 2 aromatic rings. The van der Waals surface area contributed by atoms with Gasteiger partial charge in [-0.25, -0.2) is 8.42 Å². The van der Waals surface area contributed by atoms with Crippen molar-refractivity contribution in [1.29, 1.82) is 0 Å². The molecule has 0 saturated heterocycles. The summed E-state index contributed by atoms with van der Waals surface area (Å²) in [4.78, 5) is 22.2. The third-order valence-electron chi connectivity index (χ3n) is 3.55. The molecule has 0 atom stereocenters. The van der Waals surface area contributed by atoms with Crippen LogP contribution in [0, 0.1) is 24.0 Å². The van der Waals surface area contributed by atoms with Crippen molar-refractivity contribution in [2.24, 2.45) is 0 Å². The highest BCUT2D eigenvalue weighted by Gasteiger charge is 2.18. The van der Waals surface area contributed by atoms with E-state index in [9.17, 15) is 23.3 Å². The smallest absolute Gasteiger partial charge is 0.312 e. The van der Waals surface area contributed by atoms with E-state index in [2.05, 4.69) is 0 Å². The standard InChI is InChI=1S/C17H17NO6S/c1-12-3-6-15(7-4-12)25(22,23)10-9-17(19)24-14-5-8-16(18(20)21)13(2)11-14/h3-8,11H,9-10H2,1-2H3. The van der Waals surface area contributed by atoms with Gasteiger partial charge in [0.25, 0.3) is 5.69 Å². The largest absolute Gasteiger partial charge is 0.426 e. The third-order valence-corrected chi connectivity index (χ3v) is 5.28. The normalized spacial score (nSPS) is 11.1. The van der Waals surface area contributed by atoms with Gasteiger partial charge in [0.05, 0.1) is 22.0 Å². The van der Waals surface area contributed by atoms with Gasteiger partial charge in [0.1, 0.15) is 5.75 Å². The summed E-state index contributed by atoms with van der Waals surface area (Å²) >= 11 is 0. The molecule has 8 heteroatoms. The van der Waals surface area contributed by atoms with Crippen molar-refractivity contribution in [3.63, 3.8) is 0 Å². The van der Waals surface area contributed by atoms with Gasteiger partial charge < -0.3 is 4.74 Å². The van der Waals surface area contributed by atoms with Crippen molar-refractivity contribution in [2.45, 2.75) is 25.2 Å². The maximum absolute atomic E-state index is 12.2. The highest BCUT2D eigenvalue weighted by atomic mass is 32.2. The number of benzene rings is 2. The number of aryl methyl sites for hydroxylation is 2. The predicted molar refractivity (Wildman–Crippen MR) is 91.3 cm³/mol. The van der Waals surface area contributed by atoms with Crippen LogP contribution in [0.1, 0.15) is 17.5 Å². The Bertz CT molecular complexity index is 903. The second-order valence-electron chi connectivity index (χ2n) is 5.56. The third kappa shape index (κ3) is 4.87. The molecule has 2 rings (SSSR count). The van der Waals surface area contributed by atoms with E-state index in [0.29, 0.717) is 5.56 Å². The number of nitro groups is 1. The number of hydrogen-bond acceptors (Lipinski definition) is 6. The lowest BCUT2D eigenvalue weighted by atomic mass is 10.2. The summed E-state index contributed by atoms with van der Waals surface area (Å²) in [6.45, 7) is 3.37. The molecule has 0 bridgehead atoms. The highest BCUT2D eigenvalue weighted by Crippen LogP contribution is 2.23. The van der Waals surface area contributed by atoms with Crippen molar-refractivity contribution in [3.05, 3.63) is 63.7 Å². The zero-order chi connectivity index (χ0) is 18.6. The molecule has 0 N–H and O–H groups in total. The molecule has 25 heavy (non-hydrogen) atoms. The van der Waals surface area contributed by atoms with Gasteiger partial charge >= 0.3 is 5.97 Å². The first-order valence-corrected chi connectivity index (χ1v) is 9.09. The Morgan fingerprint density at radius 3 is 2.32 bits per heavy atom. The van der Waals surface area contributed by atoms with E-state index < -0.39 is 20.7 Å². The molecule has 0 fully saturated rings. The summed E-state index contributed by atoms with van der Waals surface area (Å²) in [5, 5.41) is 10.8. The number of rotatable bonds is 6. The molecule has 0 aromatic heterocycles. The lowest BCUT2D eigenvalue weighted by molar-refractivity contribution is -0.385. The molecule has 0 aliphatic carbocycles. The van der Waals surface area contributed by atoms with Crippen molar-refractivity contribution in [1.82, 2.24) is 0 Å². The molecule has 0 amide bonds. The summed E-state index contributed by atoms with van der Waals surface area (Å²) in [6, 6.07) is 10.3. The Labute approximate surface area is 145 Å². The van der Waals surface area contributed by atoms with Crippen LogP contribution in [0.5, 0.6) is 5.75 Å². The van der Waals surface area contributed by atoms with Crippen LogP contribution in [-0.4, -0.2) is 25.1 Å². The van der Waals surface area contributed by atoms with Crippen LogP contribution in [0.25, 0.3) is 0 Å². The maximum Gasteiger partial charge on any atom is 0.312 e.